The van der Waals surface area contributed by atoms with Crippen molar-refractivity contribution < 1.29 is 17.9 Å². The smallest absolute Gasteiger partial charge is 0.242 e. The summed E-state index contributed by atoms with van der Waals surface area (Å²) < 4.78 is 28.0. The minimum atomic E-state index is -3.42. The van der Waals surface area contributed by atoms with Crippen LogP contribution in [0.15, 0.2) is 24.3 Å². The van der Waals surface area contributed by atoms with Crippen LogP contribution < -0.4 is 15.8 Å². The predicted molar refractivity (Wildman–Crippen MR) is 73.9 cm³/mol. The number of ether oxygens (including phenoxy) is 1. The van der Waals surface area contributed by atoms with Gasteiger partial charge in [0.25, 0.3) is 0 Å². The van der Waals surface area contributed by atoms with Gasteiger partial charge < -0.3 is 15.8 Å². The standard InChI is InChI=1S/C12H18N2O4S/c1-9(19(2,16)17)12(15)14-10-5-3-4-6-11(10)18-8-7-13/h3-6,9H,7-8,13H2,1-2H3,(H,14,15). The number of para-hydroxylation sites is 2. The molecule has 6 nitrogen and oxygen atoms in total. The van der Waals surface area contributed by atoms with Gasteiger partial charge in [-0.2, -0.15) is 0 Å². The van der Waals surface area contributed by atoms with Gasteiger partial charge in [0.05, 0.1) is 5.69 Å². The zero-order valence-electron chi connectivity index (χ0n) is 10.9. The summed E-state index contributed by atoms with van der Waals surface area (Å²) in [5.74, 6) is -0.131. The van der Waals surface area contributed by atoms with E-state index in [-0.39, 0.29) is 0 Å². The summed E-state index contributed by atoms with van der Waals surface area (Å²) in [6.07, 6.45) is 1.02. The average molecular weight is 286 g/mol. The van der Waals surface area contributed by atoms with E-state index in [1.807, 2.05) is 0 Å². The summed E-state index contributed by atoms with van der Waals surface area (Å²) in [5.41, 5.74) is 5.77. The van der Waals surface area contributed by atoms with Crippen LogP contribution in [0, 0.1) is 0 Å². The third-order valence-corrected chi connectivity index (χ3v) is 4.03. The number of nitrogens with two attached hydrogens (primary N) is 1. The van der Waals surface area contributed by atoms with Crippen LogP contribution in [0.4, 0.5) is 5.69 Å². The lowest BCUT2D eigenvalue weighted by atomic mass is 10.3. The number of carbonyl (C=O) groups is 1. The molecule has 3 N–H and O–H groups in total. The van der Waals surface area contributed by atoms with E-state index in [1.165, 1.54) is 6.92 Å². The molecule has 1 unspecified atom stereocenters. The Morgan fingerprint density at radius 3 is 2.63 bits per heavy atom. The van der Waals surface area contributed by atoms with Gasteiger partial charge in [0.1, 0.15) is 17.6 Å². The van der Waals surface area contributed by atoms with Crippen molar-refractivity contribution in [2.45, 2.75) is 12.2 Å². The van der Waals surface area contributed by atoms with Crippen LogP contribution in [-0.4, -0.2) is 39.0 Å². The summed E-state index contributed by atoms with van der Waals surface area (Å²) in [7, 11) is -3.42. The highest BCUT2D eigenvalue weighted by molar-refractivity contribution is 7.92. The lowest BCUT2D eigenvalue weighted by molar-refractivity contribution is -0.115. The molecule has 19 heavy (non-hydrogen) atoms. The first-order valence-corrected chi connectivity index (χ1v) is 7.73. The third kappa shape index (κ3) is 4.53. The Hall–Kier alpha value is -1.60. The van der Waals surface area contributed by atoms with Gasteiger partial charge in [-0.15, -0.1) is 0 Å². The molecule has 0 aromatic heterocycles. The number of anilines is 1. The van der Waals surface area contributed by atoms with Crippen molar-refractivity contribution in [3.05, 3.63) is 24.3 Å². The molecule has 0 aliphatic rings. The maximum absolute atomic E-state index is 11.8. The van der Waals surface area contributed by atoms with Crippen molar-refractivity contribution in [3.63, 3.8) is 0 Å². The number of hydrogen-bond donors (Lipinski definition) is 2. The third-order valence-electron chi connectivity index (χ3n) is 2.53. The molecule has 0 saturated carbocycles. The van der Waals surface area contributed by atoms with Gasteiger partial charge in [0.15, 0.2) is 9.84 Å². The van der Waals surface area contributed by atoms with Gasteiger partial charge in [0, 0.05) is 12.8 Å². The van der Waals surface area contributed by atoms with Crippen molar-refractivity contribution in [2.24, 2.45) is 5.73 Å². The second-order valence-electron chi connectivity index (χ2n) is 4.09. The predicted octanol–water partition coefficient (Wildman–Crippen LogP) is 0.396. The molecule has 0 aliphatic carbocycles. The van der Waals surface area contributed by atoms with Gasteiger partial charge in [0.2, 0.25) is 5.91 Å². The number of rotatable bonds is 6. The van der Waals surface area contributed by atoms with Gasteiger partial charge in [-0.25, -0.2) is 8.42 Å². The van der Waals surface area contributed by atoms with E-state index < -0.39 is 21.0 Å². The molecule has 1 amide bonds. The minimum Gasteiger partial charge on any atom is -0.490 e. The maximum Gasteiger partial charge on any atom is 0.242 e. The molecule has 0 heterocycles. The van der Waals surface area contributed by atoms with Crippen molar-refractivity contribution in [1.29, 1.82) is 0 Å². The SMILES string of the molecule is CC(C(=O)Nc1ccccc1OCCN)S(C)(=O)=O. The van der Waals surface area contributed by atoms with E-state index in [2.05, 4.69) is 5.32 Å². The zero-order chi connectivity index (χ0) is 14.5. The molecular formula is C12H18N2O4S. The van der Waals surface area contributed by atoms with Crippen LogP contribution in [0.1, 0.15) is 6.92 Å². The van der Waals surface area contributed by atoms with Gasteiger partial charge in [-0.1, -0.05) is 12.1 Å². The van der Waals surface area contributed by atoms with Crippen LogP contribution >= 0.6 is 0 Å². The monoisotopic (exact) mass is 286 g/mol. The van der Waals surface area contributed by atoms with E-state index in [0.29, 0.717) is 24.6 Å². The topological polar surface area (TPSA) is 98.5 Å². The molecule has 0 spiro atoms. The summed E-state index contributed by atoms with van der Waals surface area (Å²) in [4.78, 5) is 11.8. The van der Waals surface area contributed by atoms with Crippen LogP contribution in [0.5, 0.6) is 5.75 Å². The van der Waals surface area contributed by atoms with Gasteiger partial charge >= 0.3 is 0 Å². The van der Waals surface area contributed by atoms with E-state index in [0.717, 1.165) is 6.26 Å². The zero-order valence-corrected chi connectivity index (χ0v) is 11.7. The Labute approximate surface area is 112 Å². The fraction of sp³-hybridized carbons (Fsp3) is 0.417. The largest absolute Gasteiger partial charge is 0.490 e. The van der Waals surface area contributed by atoms with E-state index >= 15 is 0 Å². The number of amides is 1. The Kier molecular flexibility index (Phi) is 5.31. The second-order valence-corrected chi connectivity index (χ2v) is 6.46. The van der Waals surface area contributed by atoms with Crippen molar-refractivity contribution in [2.75, 3.05) is 24.7 Å². The Morgan fingerprint density at radius 1 is 1.42 bits per heavy atom. The highest BCUT2D eigenvalue weighted by atomic mass is 32.2. The Bertz CT molecular complexity index is 542. The van der Waals surface area contributed by atoms with Crippen molar-refractivity contribution in [1.82, 2.24) is 0 Å². The van der Waals surface area contributed by atoms with Crippen LogP contribution in [0.2, 0.25) is 0 Å². The summed E-state index contributed by atoms with van der Waals surface area (Å²) >= 11 is 0. The first-order valence-electron chi connectivity index (χ1n) is 5.78. The highest BCUT2D eigenvalue weighted by Gasteiger charge is 2.24. The lowest BCUT2D eigenvalue weighted by Gasteiger charge is -2.14. The van der Waals surface area contributed by atoms with Gasteiger partial charge in [-0.3, -0.25) is 4.79 Å². The minimum absolute atomic E-state index is 0.314. The molecule has 0 fully saturated rings. The van der Waals surface area contributed by atoms with E-state index in [1.54, 1.807) is 24.3 Å². The Balaban J connectivity index is 2.85. The van der Waals surface area contributed by atoms with Crippen molar-refractivity contribution >= 4 is 21.4 Å². The van der Waals surface area contributed by atoms with Crippen molar-refractivity contribution in [3.8, 4) is 5.75 Å². The molecule has 1 aromatic rings. The van der Waals surface area contributed by atoms with Gasteiger partial charge in [-0.05, 0) is 19.1 Å². The number of sulfone groups is 1. The maximum atomic E-state index is 11.8. The molecular weight excluding hydrogens is 268 g/mol. The number of benzene rings is 1. The fourth-order valence-electron chi connectivity index (χ4n) is 1.29. The summed E-state index contributed by atoms with van der Waals surface area (Å²) in [6.45, 7) is 2.00. The van der Waals surface area contributed by atoms with E-state index in [9.17, 15) is 13.2 Å². The number of nitrogens with one attached hydrogen (secondary N) is 1. The first-order chi connectivity index (χ1) is 8.86. The van der Waals surface area contributed by atoms with E-state index in [4.69, 9.17) is 10.5 Å². The molecule has 0 saturated heterocycles. The molecule has 1 rings (SSSR count). The molecule has 0 aliphatic heterocycles. The lowest BCUT2D eigenvalue weighted by Crippen LogP contribution is -2.32. The molecule has 106 valence electrons. The average Bonchev–Trinajstić information content (AvgIpc) is 2.35. The fourth-order valence-corrected chi connectivity index (χ4v) is 1.74. The molecule has 0 radical (unpaired) electrons. The van der Waals surface area contributed by atoms with Crippen LogP contribution in [-0.2, 0) is 14.6 Å². The quantitative estimate of drug-likeness (QED) is 0.788. The normalized spacial score (nSPS) is 12.8. The molecule has 7 heteroatoms. The first kappa shape index (κ1) is 15.5. The second kappa shape index (κ2) is 6.53. The Morgan fingerprint density at radius 2 is 2.05 bits per heavy atom. The van der Waals surface area contributed by atoms with Crippen LogP contribution in [0.25, 0.3) is 0 Å². The highest BCUT2D eigenvalue weighted by Crippen LogP contribution is 2.24. The molecule has 1 aromatic carbocycles. The molecule has 0 bridgehead atoms. The number of carbonyl (C=O) groups excluding carboxylic acids is 1. The summed E-state index contributed by atoms with van der Waals surface area (Å²) in [6, 6.07) is 6.78. The summed E-state index contributed by atoms with van der Waals surface area (Å²) in [5, 5.41) is 1.43. The van der Waals surface area contributed by atoms with Crippen LogP contribution in [0.3, 0.4) is 0 Å². The molecule has 1 atom stereocenters. The number of hydrogen-bond acceptors (Lipinski definition) is 5.